The van der Waals surface area contributed by atoms with Crippen molar-refractivity contribution in [1.29, 1.82) is 0 Å². The van der Waals surface area contributed by atoms with Crippen LogP contribution in [0.5, 0.6) is 5.75 Å². The van der Waals surface area contributed by atoms with E-state index >= 15 is 0 Å². The molecule has 5 nitrogen and oxygen atoms in total. The predicted molar refractivity (Wildman–Crippen MR) is 53.5 cm³/mol. The minimum absolute atomic E-state index is 0.0907. The molecule has 0 fully saturated rings. The summed E-state index contributed by atoms with van der Waals surface area (Å²) in [5, 5.41) is 18.1. The Morgan fingerprint density at radius 3 is 2.73 bits per heavy atom. The first-order chi connectivity index (χ1) is 7.26. The Hall–Kier alpha value is -1.17. The molecule has 0 amide bonds. The summed E-state index contributed by atoms with van der Waals surface area (Å²) in [6.07, 6.45) is 0.859. The molecule has 1 aromatic rings. The summed E-state index contributed by atoms with van der Waals surface area (Å²) < 4.78 is 10.00. The second-order valence-corrected chi connectivity index (χ2v) is 3.06. The van der Waals surface area contributed by atoms with Gasteiger partial charge in [0.25, 0.3) is 0 Å². The van der Waals surface area contributed by atoms with Gasteiger partial charge in [-0.25, -0.2) is 0 Å². The number of ether oxygens (including phenoxy) is 2. The third-order valence-corrected chi connectivity index (χ3v) is 1.76. The van der Waals surface area contributed by atoms with Crippen molar-refractivity contribution in [3.05, 3.63) is 24.0 Å². The molecule has 0 saturated heterocycles. The van der Waals surface area contributed by atoms with Crippen molar-refractivity contribution in [2.24, 2.45) is 0 Å². The second-order valence-electron chi connectivity index (χ2n) is 3.06. The van der Waals surface area contributed by atoms with Crippen LogP contribution < -0.4 is 4.74 Å². The minimum Gasteiger partial charge on any atom is -0.489 e. The summed E-state index contributed by atoms with van der Waals surface area (Å²) in [7, 11) is 1.51. The van der Waals surface area contributed by atoms with Crippen LogP contribution in [0.15, 0.2) is 18.3 Å². The number of rotatable bonds is 6. The molecule has 0 spiro atoms. The van der Waals surface area contributed by atoms with E-state index in [2.05, 4.69) is 4.98 Å². The molecule has 1 atom stereocenters. The maximum atomic E-state index is 9.30. The highest BCUT2D eigenvalue weighted by atomic mass is 16.5. The highest BCUT2D eigenvalue weighted by Gasteiger charge is 2.04. The van der Waals surface area contributed by atoms with Crippen LogP contribution in [-0.4, -0.2) is 41.6 Å². The number of hydrogen-bond donors (Lipinski definition) is 2. The highest BCUT2D eigenvalue weighted by molar-refractivity contribution is 5.19. The van der Waals surface area contributed by atoms with Crippen molar-refractivity contribution in [1.82, 2.24) is 4.98 Å². The Labute approximate surface area is 88.3 Å². The summed E-state index contributed by atoms with van der Waals surface area (Å²) in [5.74, 6) is 0.558. The third-order valence-electron chi connectivity index (χ3n) is 1.76. The number of methoxy groups -OCH3 is 1. The Kier molecular flexibility index (Phi) is 5.03. The van der Waals surface area contributed by atoms with Crippen LogP contribution in [0.3, 0.4) is 0 Å². The second kappa shape index (κ2) is 6.34. The van der Waals surface area contributed by atoms with Crippen LogP contribution in [0.4, 0.5) is 0 Å². The van der Waals surface area contributed by atoms with Gasteiger partial charge in [-0.15, -0.1) is 0 Å². The molecule has 15 heavy (non-hydrogen) atoms. The molecular weight excluding hydrogens is 198 g/mol. The fourth-order valence-corrected chi connectivity index (χ4v) is 1.02. The van der Waals surface area contributed by atoms with Crippen molar-refractivity contribution in [2.45, 2.75) is 12.7 Å². The topological polar surface area (TPSA) is 71.8 Å². The van der Waals surface area contributed by atoms with Gasteiger partial charge in [-0.05, 0) is 12.1 Å². The van der Waals surface area contributed by atoms with E-state index in [0.717, 1.165) is 0 Å². The maximum absolute atomic E-state index is 9.30. The summed E-state index contributed by atoms with van der Waals surface area (Å²) in [5.41, 5.74) is 0.583. The molecule has 0 aliphatic heterocycles. The van der Waals surface area contributed by atoms with Gasteiger partial charge in [-0.1, -0.05) is 0 Å². The summed E-state index contributed by atoms with van der Waals surface area (Å²) in [6, 6.07) is 3.36. The van der Waals surface area contributed by atoms with E-state index < -0.39 is 6.10 Å². The quantitative estimate of drug-likeness (QED) is 0.693. The lowest BCUT2D eigenvalue weighted by atomic mass is 10.3. The van der Waals surface area contributed by atoms with E-state index in [4.69, 9.17) is 14.6 Å². The standard InChI is InChI=1S/C10H15NO4/c1-14-6-9(13)7-15-10-3-2-8(5-12)11-4-10/h2-4,9,12-13H,5-7H2,1H3. The summed E-state index contributed by atoms with van der Waals surface area (Å²) >= 11 is 0. The zero-order valence-corrected chi connectivity index (χ0v) is 8.59. The summed E-state index contributed by atoms with van der Waals surface area (Å²) in [4.78, 5) is 3.93. The molecule has 0 aliphatic rings. The number of nitrogens with zero attached hydrogens (tertiary/aromatic N) is 1. The molecule has 1 aromatic heterocycles. The average molecular weight is 213 g/mol. The molecule has 2 N–H and O–H groups in total. The summed E-state index contributed by atoms with van der Waals surface area (Å²) in [6.45, 7) is 0.308. The SMILES string of the molecule is COCC(O)COc1ccc(CO)nc1. The first kappa shape index (κ1) is 11.9. The molecule has 1 heterocycles. The third kappa shape index (κ3) is 4.24. The zero-order chi connectivity index (χ0) is 11.1. The molecule has 0 aliphatic carbocycles. The lowest BCUT2D eigenvalue weighted by Gasteiger charge is -2.10. The van der Waals surface area contributed by atoms with Crippen LogP contribution >= 0.6 is 0 Å². The number of aliphatic hydroxyl groups excluding tert-OH is 2. The van der Waals surface area contributed by atoms with Crippen molar-refractivity contribution >= 4 is 0 Å². The molecule has 0 saturated carbocycles. The first-order valence-corrected chi connectivity index (χ1v) is 4.62. The van der Waals surface area contributed by atoms with Crippen LogP contribution in [0.2, 0.25) is 0 Å². The van der Waals surface area contributed by atoms with Crippen molar-refractivity contribution in [3.8, 4) is 5.75 Å². The normalized spacial score (nSPS) is 12.5. The molecule has 0 radical (unpaired) electrons. The van der Waals surface area contributed by atoms with Crippen molar-refractivity contribution in [3.63, 3.8) is 0 Å². The van der Waals surface area contributed by atoms with Gasteiger partial charge < -0.3 is 19.7 Å². The van der Waals surface area contributed by atoms with Gasteiger partial charge in [-0.3, -0.25) is 4.98 Å². The maximum Gasteiger partial charge on any atom is 0.137 e. The fraction of sp³-hybridized carbons (Fsp3) is 0.500. The van der Waals surface area contributed by atoms with Crippen molar-refractivity contribution in [2.75, 3.05) is 20.3 Å². The highest BCUT2D eigenvalue weighted by Crippen LogP contribution is 2.09. The van der Waals surface area contributed by atoms with E-state index in [1.807, 2.05) is 0 Å². The fourth-order valence-electron chi connectivity index (χ4n) is 1.02. The van der Waals surface area contributed by atoms with Gasteiger partial charge in [0, 0.05) is 7.11 Å². The minimum atomic E-state index is -0.646. The number of aliphatic hydroxyl groups is 2. The van der Waals surface area contributed by atoms with Gasteiger partial charge in [0.1, 0.15) is 18.5 Å². The molecule has 0 aromatic carbocycles. The Morgan fingerprint density at radius 2 is 2.20 bits per heavy atom. The molecule has 84 valence electrons. The van der Waals surface area contributed by atoms with E-state index in [-0.39, 0.29) is 19.8 Å². The van der Waals surface area contributed by atoms with Gasteiger partial charge in [-0.2, -0.15) is 0 Å². The van der Waals surface area contributed by atoms with Gasteiger partial charge in [0.2, 0.25) is 0 Å². The van der Waals surface area contributed by atoms with Crippen LogP contribution in [-0.2, 0) is 11.3 Å². The average Bonchev–Trinajstić information content (AvgIpc) is 2.27. The van der Waals surface area contributed by atoms with Crippen LogP contribution in [0.1, 0.15) is 5.69 Å². The van der Waals surface area contributed by atoms with Crippen LogP contribution in [0.25, 0.3) is 0 Å². The number of hydrogen-bond acceptors (Lipinski definition) is 5. The Balaban J connectivity index is 2.37. The van der Waals surface area contributed by atoms with Gasteiger partial charge >= 0.3 is 0 Å². The first-order valence-electron chi connectivity index (χ1n) is 4.62. The molecular formula is C10H15NO4. The van der Waals surface area contributed by atoms with Crippen LogP contribution in [0, 0.1) is 0 Å². The monoisotopic (exact) mass is 213 g/mol. The molecule has 1 rings (SSSR count). The molecule has 1 unspecified atom stereocenters. The lowest BCUT2D eigenvalue weighted by Crippen LogP contribution is -2.22. The van der Waals surface area contributed by atoms with Gasteiger partial charge in [0.05, 0.1) is 25.1 Å². The lowest BCUT2D eigenvalue weighted by molar-refractivity contribution is 0.0324. The molecule has 0 bridgehead atoms. The number of aromatic nitrogens is 1. The predicted octanol–water partition coefficient (Wildman–Crippen LogP) is -0.0400. The van der Waals surface area contributed by atoms with Gasteiger partial charge in [0.15, 0.2) is 0 Å². The van der Waals surface area contributed by atoms with E-state index in [0.29, 0.717) is 11.4 Å². The molecule has 5 heteroatoms. The van der Waals surface area contributed by atoms with Crippen molar-refractivity contribution < 1.29 is 19.7 Å². The van der Waals surface area contributed by atoms with E-state index in [9.17, 15) is 5.11 Å². The number of pyridine rings is 1. The largest absolute Gasteiger partial charge is 0.489 e. The van der Waals surface area contributed by atoms with E-state index in [1.54, 1.807) is 12.1 Å². The smallest absolute Gasteiger partial charge is 0.137 e. The zero-order valence-electron chi connectivity index (χ0n) is 8.59. The van der Waals surface area contributed by atoms with E-state index in [1.165, 1.54) is 13.3 Å². The Bertz CT molecular complexity index is 275. The Morgan fingerprint density at radius 1 is 1.40 bits per heavy atom.